The van der Waals surface area contributed by atoms with Gasteiger partial charge in [-0.2, -0.15) is 0 Å². The number of fused-ring (bicyclic) bond motifs is 2. The van der Waals surface area contributed by atoms with Crippen LogP contribution in [0.25, 0.3) is 0 Å². The number of rotatable bonds is 0. The molecule has 0 heterocycles. The van der Waals surface area contributed by atoms with Gasteiger partial charge < -0.3 is 0 Å². The first-order valence-corrected chi connectivity index (χ1v) is 7.66. The average molecular weight is 222 g/mol. The van der Waals surface area contributed by atoms with E-state index in [-0.39, 0.29) is 0 Å². The first kappa shape index (κ1) is 12.5. The van der Waals surface area contributed by atoms with Crippen LogP contribution in [-0.4, -0.2) is 0 Å². The van der Waals surface area contributed by atoms with Crippen LogP contribution in [0.2, 0.25) is 0 Å². The Morgan fingerprint density at radius 2 is 1.38 bits per heavy atom. The van der Waals surface area contributed by atoms with Gasteiger partial charge in [0.1, 0.15) is 0 Å². The summed E-state index contributed by atoms with van der Waals surface area (Å²) in [6.07, 6.45) is 12.1. The molecule has 0 aromatic heterocycles. The Labute approximate surface area is 102 Å². The average Bonchev–Trinajstić information content (AvgIpc) is 2.22. The second-order valence-corrected chi connectivity index (χ2v) is 6.91. The van der Waals surface area contributed by atoms with Crippen molar-refractivity contribution in [3.8, 4) is 0 Å². The van der Waals surface area contributed by atoms with Crippen molar-refractivity contribution in [2.75, 3.05) is 0 Å². The quantitative estimate of drug-likeness (QED) is 0.523. The Bertz CT molecular complexity index is 194. The standard InChI is InChI=1S/C9H16.C7H14/c1-6-3-8-4-9(5-8)7(6)2;1-7-5-3-2-4-6-7/h6-9H,3-5H2,1-2H3;7H,2-6H2,1H3. The molecule has 0 spiro atoms. The summed E-state index contributed by atoms with van der Waals surface area (Å²) >= 11 is 0. The second kappa shape index (κ2) is 5.56. The summed E-state index contributed by atoms with van der Waals surface area (Å²) in [4.78, 5) is 0. The Morgan fingerprint density at radius 3 is 1.69 bits per heavy atom. The van der Waals surface area contributed by atoms with Gasteiger partial charge in [-0.3, -0.25) is 0 Å². The van der Waals surface area contributed by atoms with Gasteiger partial charge in [0.25, 0.3) is 0 Å². The van der Waals surface area contributed by atoms with Gasteiger partial charge in [0.15, 0.2) is 0 Å². The minimum atomic E-state index is 1.03. The van der Waals surface area contributed by atoms with Crippen molar-refractivity contribution in [1.82, 2.24) is 0 Å². The summed E-state index contributed by atoms with van der Waals surface area (Å²) < 4.78 is 0. The van der Waals surface area contributed by atoms with Gasteiger partial charge in [0, 0.05) is 0 Å². The van der Waals surface area contributed by atoms with Crippen LogP contribution in [0.3, 0.4) is 0 Å². The lowest BCUT2D eigenvalue weighted by Gasteiger charge is -2.49. The van der Waals surface area contributed by atoms with E-state index in [9.17, 15) is 0 Å². The second-order valence-electron chi connectivity index (χ2n) is 6.91. The fourth-order valence-electron chi connectivity index (χ4n) is 3.92. The molecule has 4 aliphatic carbocycles. The summed E-state index contributed by atoms with van der Waals surface area (Å²) in [6.45, 7) is 7.22. The molecule has 0 saturated heterocycles. The topological polar surface area (TPSA) is 0 Å². The summed E-state index contributed by atoms with van der Waals surface area (Å²) in [5.74, 6) is 5.37. The van der Waals surface area contributed by atoms with E-state index in [1.165, 1.54) is 38.5 Å². The molecule has 2 unspecified atom stereocenters. The maximum Gasteiger partial charge on any atom is -0.0381 e. The molecular weight excluding hydrogens is 192 g/mol. The van der Waals surface area contributed by atoms with Crippen LogP contribution < -0.4 is 0 Å². The minimum Gasteiger partial charge on any atom is -0.0625 e. The zero-order valence-electron chi connectivity index (χ0n) is 11.5. The molecule has 0 aromatic rings. The SMILES string of the molecule is CC1CC2CC(C2)C1C.CC1CCCCC1. The minimum absolute atomic E-state index is 1.03. The Balaban J connectivity index is 0.000000125. The molecule has 4 fully saturated rings. The monoisotopic (exact) mass is 222 g/mol. The maximum absolute atomic E-state index is 2.44. The molecule has 0 radical (unpaired) electrons. The predicted octanol–water partition coefficient (Wildman–Crippen LogP) is 5.28. The zero-order chi connectivity index (χ0) is 11.5. The molecular formula is C16H30. The molecule has 2 bridgehead atoms. The lowest BCUT2D eigenvalue weighted by Crippen LogP contribution is -2.39. The van der Waals surface area contributed by atoms with E-state index in [1.807, 2.05) is 0 Å². The highest BCUT2D eigenvalue weighted by Gasteiger charge is 2.41. The van der Waals surface area contributed by atoms with Crippen LogP contribution >= 0.6 is 0 Å². The van der Waals surface area contributed by atoms with Crippen molar-refractivity contribution in [2.45, 2.75) is 72.1 Å². The van der Waals surface area contributed by atoms with Crippen LogP contribution in [0, 0.1) is 29.6 Å². The van der Waals surface area contributed by atoms with Crippen molar-refractivity contribution in [3.63, 3.8) is 0 Å². The van der Waals surface area contributed by atoms with E-state index in [2.05, 4.69) is 20.8 Å². The van der Waals surface area contributed by atoms with Gasteiger partial charge in [-0.1, -0.05) is 52.9 Å². The molecule has 0 nitrogen and oxygen atoms in total. The van der Waals surface area contributed by atoms with Gasteiger partial charge >= 0.3 is 0 Å². The molecule has 0 aromatic carbocycles. The maximum atomic E-state index is 2.44. The van der Waals surface area contributed by atoms with Crippen LogP contribution in [0.5, 0.6) is 0 Å². The van der Waals surface area contributed by atoms with Crippen molar-refractivity contribution in [2.24, 2.45) is 29.6 Å². The molecule has 4 saturated carbocycles. The van der Waals surface area contributed by atoms with Crippen molar-refractivity contribution >= 4 is 0 Å². The van der Waals surface area contributed by atoms with Gasteiger partial charge in [-0.05, 0) is 48.9 Å². The Hall–Kier alpha value is 0. The van der Waals surface area contributed by atoms with E-state index in [4.69, 9.17) is 0 Å². The predicted molar refractivity (Wildman–Crippen MR) is 71.4 cm³/mol. The smallest absolute Gasteiger partial charge is 0.0381 e. The third-order valence-electron chi connectivity index (χ3n) is 5.51. The van der Waals surface area contributed by atoms with E-state index < -0.39 is 0 Å². The largest absolute Gasteiger partial charge is 0.0625 e. The van der Waals surface area contributed by atoms with Gasteiger partial charge in [-0.25, -0.2) is 0 Å². The summed E-state index contributed by atoms with van der Waals surface area (Å²) in [5, 5.41) is 0. The van der Waals surface area contributed by atoms with E-state index >= 15 is 0 Å². The van der Waals surface area contributed by atoms with Gasteiger partial charge in [-0.15, -0.1) is 0 Å². The Morgan fingerprint density at radius 1 is 0.750 bits per heavy atom. The molecule has 0 amide bonds. The molecule has 94 valence electrons. The van der Waals surface area contributed by atoms with E-state index in [0.717, 1.165) is 29.6 Å². The zero-order valence-corrected chi connectivity index (χ0v) is 11.5. The van der Waals surface area contributed by atoms with Crippen LogP contribution in [-0.2, 0) is 0 Å². The first-order valence-electron chi connectivity index (χ1n) is 7.66. The molecule has 16 heavy (non-hydrogen) atoms. The molecule has 2 atom stereocenters. The summed E-state index contributed by atoms with van der Waals surface area (Å²) in [5.41, 5.74) is 0. The fraction of sp³-hybridized carbons (Fsp3) is 1.00. The van der Waals surface area contributed by atoms with Crippen molar-refractivity contribution < 1.29 is 0 Å². The molecule has 0 aliphatic heterocycles. The van der Waals surface area contributed by atoms with Crippen LogP contribution in [0.4, 0.5) is 0 Å². The lowest BCUT2D eigenvalue weighted by atomic mass is 9.57. The van der Waals surface area contributed by atoms with Crippen LogP contribution in [0.1, 0.15) is 72.1 Å². The number of hydrogen-bond donors (Lipinski definition) is 0. The lowest BCUT2D eigenvalue weighted by molar-refractivity contribution is 0.0154. The summed E-state index contributed by atoms with van der Waals surface area (Å²) in [6, 6.07) is 0. The highest BCUT2D eigenvalue weighted by atomic mass is 14.5. The number of hydrogen-bond acceptors (Lipinski definition) is 0. The first-order chi connectivity index (χ1) is 7.66. The van der Waals surface area contributed by atoms with Crippen molar-refractivity contribution in [3.05, 3.63) is 0 Å². The third kappa shape index (κ3) is 3.02. The molecule has 0 N–H and O–H groups in total. The third-order valence-corrected chi connectivity index (χ3v) is 5.51. The van der Waals surface area contributed by atoms with E-state index in [1.54, 1.807) is 12.8 Å². The molecule has 4 aliphatic rings. The highest BCUT2D eigenvalue weighted by Crippen LogP contribution is 2.51. The van der Waals surface area contributed by atoms with Crippen LogP contribution in [0.15, 0.2) is 0 Å². The van der Waals surface area contributed by atoms with Gasteiger partial charge in [0.2, 0.25) is 0 Å². The molecule has 0 heteroatoms. The van der Waals surface area contributed by atoms with Gasteiger partial charge in [0.05, 0.1) is 0 Å². The fourth-order valence-corrected chi connectivity index (χ4v) is 3.92. The van der Waals surface area contributed by atoms with E-state index in [0.29, 0.717) is 0 Å². The highest BCUT2D eigenvalue weighted by molar-refractivity contribution is 4.91. The normalized spacial score (nSPS) is 42.9. The molecule has 4 rings (SSSR count). The Kier molecular flexibility index (Phi) is 4.33. The summed E-state index contributed by atoms with van der Waals surface area (Å²) in [7, 11) is 0. The van der Waals surface area contributed by atoms with Crippen molar-refractivity contribution in [1.29, 1.82) is 0 Å².